The van der Waals surface area contributed by atoms with Gasteiger partial charge in [0.05, 0.1) is 18.4 Å². The van der Waals surface area contributed by atoms with Gasteiger partial charge in [-0.2, -0.15) is 18.3 Å². The van der Waals surface area contributed by atoms with Crippen molar-refractivity contribution < 1.29 is 27.4 Å². The van der Waals surface area contributed by atoms with Crippen LogP contribution in [0.3, 0.4) is 0 Å². The summed E-state index contributed by atoms with van der Waals surface area (Å²) in [5.74, 6) is 0.0491. The number of amides is 1. The average Bonchev–Trinajstić information content (AvgIpc) is 2.69. The summed E-state index contributed by atoms with van der Waals surface area (Å²) in [4.78, 5) is 13.3. The number of halogens is 3. The Hall–Kier alpha value is -1.93. The van der Waals surface area contributed by atoms with Crippen LogP contribution in [0.5, 0.6) is 5.75 Å². The van der Waals surface area contributed by atoms with Crippen LogP contribution in [0, 0.1) is 0 Å². The lowest BCUT2D eigenvalue weighted by Gasteiger charge is -2.39. The highest BCUT2D eigenvalue weighted by Gasteiger charge is 2.35. The summed E-state index contributed by atoms with van der Waals surface area (Å²) in [6.07, 6.45) is -2.18. The molecule has 0 bridgehead atoms. The first-order valence-electron chi connectivity index (χ1n) is 6.75. The van der Waals surface area contributed by atoms with Gasteiger partial charge in [-0.1, -0.05) is 0 Å². The summed E-state index contributed by atoms with van der Waals surface area (Å²) in [7, 11) is 0. The number of likely N-dealkylation sites (tertiary alicyclic amines) is 1. The van der Waals surface area contributed by atoms with E-state index in [1.807, 2.05) is 0 Å². The van der Waals surface area contributed by atoms with E-state index in [1.165, 1.54) is 22.0 Å². The molecule has 1 amide bonds. The monoisotopic (exact) mass is 321 g/mol. The van der Waals surface area contributed by atoms with Crippen LogP contribution in [0.2, 0.25) is 0 Å². The first kappa shape index (κ1) is 16.4. The molecule has 22 heavy (non-hydrogen) atoms. The van der Waals surface area contributed by atoms with E-state index < -0.39 is 24.5 Å². The summed E-state index contributed by atoms with van der Waals surface area (Å²) in [6, 6.07) is -0.0873. The second-order valence-electron chi connectivity index (χ2n) is 6.10. The quantitative estimate of drug-likeness (QED) is 0.859. The van der Waals surface area contributed by atoms with E-state index >= 15 is 0 Å². The number of hydrogen-bond acceptors (Lipinski definition) is 4. The smallest absolute Gasteiger partial charge is 0.422 e. The molecule has 0 radical (unpaired) electrons. The Kier molecular flexibility index (Phi) is 4.25. The lowest BCUT2D eigenvalue weighted by molar-refractivity contribution is -0.153. The second kappa shape index (κ2) is 5.69. The normalized spacial score (nSPS) is 16.4. The molecule has 0 spiro atoms. The van der Waals surface area contributed by atoms with Gasteiger partial charge >= 0.3 is 12.3 Å². The molecule has 0 N–H and O–H groups in total. The highest BCUT2D eigenvalue weighted by Crippen LogP contribution is 2.25. The predicted molar refractivity (Wildman–Crippen MR) is 70.6 cm³/mol. The number of rotatable bonds is 3. The van der Waals surface area contributed by atoms with Crippen molar-refractivity contribution in [2.24, 2.45) is 0 Å². The van der Waals surface area contributed by atoms with E-state index in [0.717, 1.165) is 0 Å². The molecule has 0 aliphatic carbocycles. The molecule has 1 fully saturated rings. The van der Waals surface area contributed by atoms with Gasteiger partial charge in [0, 0.05) is 13.1 Å². The third kappa shape index (κ3) is 4.54. The van der Waals surface area contributed by atoms with Crippen molar-refractivity contribution in [3.05, 3.63) is 12.4 Å². The highest BCUT2D eigenvalue weighted by atomic mass is 19.4. The molecule has 0 aromatic carbocycles. The molecule has 1 aromatic rings. The van der Waals surface area contributed by atoms with Crippen molar-refractivity contribution in [2.45, 2.75) is 38.6 Å². The fourth-order valence-electron chi connectivity index (χ4n) is 1.86. The van der Waals surface area contributed by atoms with Gasteiger partial charge in [-0.3, -0.25) is 4.68 Å². The molecular weight excluding hydrogens is 303 g/mol. The summed E-state index contributed by atoms with van der Waals surface area (Å²) < 4.78 is 47.5. The maximum atomic E-state index is 12.0. The van der Waals surface area contributed by atoms with Crippen molar-refractivity contribution in [3.63, 3.8) is 0 Å². The van der Waals surface area contributed by atoms with Crippen LogP contribution in [0.25, 0.3) is 0 Å². The standard InChI is InChI=1S/C13H18F3N3O3/c1-12(2,3)22-11(20)18-5-9(6-18)19-7-10(4-17-19)21-8-13(14,15)16/h4,7,9H,5-6,8H2,1-3H3. The van der Waals surface area contributed by atoms with Gasteiger partial charge in [-0.15, -0.1) is 0 Å². The number of hydrogen-bond donors (Lipinski definition) is 0. The van der Waals surface area contributed by atoms with Crippen molar-refractivity contribution >= 4 is 6.09 Å². The fraction of sp³-hybridized carbons (Fsp3) is 0.692. The lowest BCUT2D eigenvalue weighted by Crippen LogP contribution is -2.52. The Labute approximate surface area is 125 Å². The largest absolute Gasteiger partial charge is 0.481 e. The molecular formula is C13H18F3N3O3. The number of carbonyl (C=O) groups excluding carboxylic acids is 1. The minimum absolute atomic E-state index is 0.0491. The maximum absolute atomic E-state index is 12.0. The van der Waals surface area contributed by atoms with Gasteiger partial charge in [-0.05, 0) is 20.8 Å². The number of carbonyl (C=O) groups is 1. The molecule has 0 saturated carbocycles. The molecule has 0 atom stereocenters. The number of aromatic nitrogens is 2. The lowest BCUT2D eigenvalue weighted by atomic mass is 10.1. The van der Waals surface area contributed by atoms with Crippen molar-refractivity contribution in [1.29, 1.82) is 0 Å². The molecule has 1 aliphatic heterocycles. The van der Waals surface area contributed by atoms with Crippen LogP contribution in [0.1, 0.15) is 26.8 Å². The molecule has 2 rings (SSSR count). The van der Waals surface area contributed by atoms with E-state index in [2.05, 4.69) is 9.84 Å². The van der Waals surface area contributed by atoms with Crippen LogP contribution in [0.15, 0.2) is 12.4 Å². The topological polar surface area (TPSA) is 56.6 Å². The van der Waals surface area contributed by atoms with Crippen molar-refractivity contribution in [1.82, 2.24) is 14.7 Å². The molecule has 1 saturated heterocycles. The van der Waals surface area contributed by atoms with Gasteiger partial charge in [0.2, 0.25) is 0 Å². The van der Waals surface area contributed by atoms with Gasteiger partial charge < -0.3 is 14.4 Å². The van der Waals surface area contributed by atoms with Crippen LogP contribution in [-0.2, 0) is 4.74 Å². The Morgan fingerprint density at radius 2 is 2.00 bits per heavy atom. The van der Waals surface area contributed by atoms with Crippen LogP contribution in [0.4, 0.5) is 18.0 Å². The predicted octanol–water partition coefficient (Wildman–Crippen LogP) is 2.62. The van der Waals surface area contributed by atoms with Gasteiger partial charge in [0.25, 0.3) is 0 Å². The number of alkyl halides is 3. The number of ether oxygens (including phenoxy) is 2. The Morgan fingerprint density at radius 1 is 1.36 bits per heavy atom. The molecule has 124 valence electrons. The average molecular weight is 321 g/mol. The molecule has 9 heteroatoms. The Balaban J connectivity index is 1.81. The second-order valence-corrected chi connectivity index (χ2v) is 6.10. The van der Waals surface area contributed by atoms with E-state index in [9.17, 15) is 18.0 Å². The zero-order chi connectivity index (χ0) is 16.5. The van der Waals surface area contributed by atoms with E-state index in [4.69, 9.17) is 4.74 Å². The first-order chi connectivity index (χ1) is 10.0. The van der Waals surface area contributed by atoms with Crippen molar-refractivity contribution in [2.75, 3.05) is 19.7 Å². The van der Waals surface area contributed by atoms with Crippen LogP contribution >= 0.6 is 0 Å². The number of nitrogens with zero attached hydrogens (tertiary/aromatic N) is 3. The fourth-order valence-corrected chi connectivity index (χ4v) is 1.86. The highest BCUT2D eigenvalue weighted by molar-refractivity contribution is 5.69. The van der Waals surface area contributed by atoms with Crippen molar-refractivity contribution in [3.8, 4) is 5.75 Å². The third-order valence-electron chi connectivity index (χ3n) is 2.87. The van der Waals surface area contributed by atoms with E-state index in [1.54, 1.807) is 20.8 Å². The molecule has 6 nitrogen and oxygen atoms in total. The molecule has 1 aromatic heterocycles. The zero-order valence-corrected chi connectivity index (χ0v) is 12.6. The van der Waals surface area contributed by atoms with Gasteiger partial charge in [0.15, 0.2) is 12.4 Å². The molecule has 0 unspecified atom stereocenters. The zero-order valence-electron chi connectivity index (χ0n) is 12.6. The van der Waals surface area contributed by atoms with Gasteiger partial charge in [0.1, 0.15) is 5.60 Å². The molecule has 2 heterocycles. The SMILES string of the molecule is CC(C)(C)OC(=O)N1CC(n2cc(OCC(F)(F)F)cn2)C1. The van der Waals surface area contributed by atoms with E-state index in [0.29, 0.717) is 13.1 Å². The third-order valence-corrected chi connectivity index (χ3v) is 2.87. The Bertz CT molecular complexity index is 531. The summed E-state index contributed by atoms with van der Waals surface area (Å²) in [6.45, 7) is 4.78. The van der Waals surface area contributed by atoms with Crippen LogP contribution < -0.4 is 4.74 Å². The van der Waals surface area contributed by atoms with Gasteiger partial charge in [-0.25, -0.2) is 4.79 Å². The maximum Gasteiger partial charge on any atom is 0.422 e. The summed E-state index contributed by atoms with van der Waals surface area (Å²) in [5.41, 5.74) is -0.563. The van der Waals surface area contributed by atoms with Crippen LogP contribution in [-0.4, -0.2) is 52.2 Å². The minimum atomic E-state index is -4.38. The summed E-state index contributed by atoms with van der Waals surface area (Å²) >= 11 is 0. The Morgan fingerprint density at radius 3 is 2.55 bits per heavy atom. The minimum Gasteiger partial charge on any atom is -0.481 e. The summed E-state index contributed by atoms with van der Waals surface area (Å²) in [5, 5.41) is 3.95. The first-order valence-corrected chi connectivity index (χ1v) is 6.75. The molecule has 1 aliphatic rings. The van der Waals surface area contributed by atoms with E-state index in [-0.39, 0.29) is 11.8 Å².